The summed E-state index contributed by atoms with van der Waals surface area (Å²) in [6.45, 7) is 0. The molecule has 0 unspecified atom stereocenters. The average Bonchev–Trinajstić information content (AvgIpc) is 2.87. The summed E-state index contributed by atoms with van der Waals surface area (Å²) in [7, 11) is -4.10. The zero-order chi connectivity index (χ0) is 15.9. The van der Waals surface area contributed by atoms with Crippen LogP contribution in [0.3, 0.4) is 0 Å². The molecular formula is C14H9ClN2O4S. The first kappa shape index (κ1) is 14.6. The second-order valence-electron chi connectivity index (χ2n) is 4.46. The van der Waals surface area contributed by atoms with Crippen LogP contribution in [0.2, 0.25) is 5.15 Å². The van der Waals surface area contributed by atoms with E-state index >= 15 is 0 Å². The van der Waals surface area contributed by atoms with Crippen LogP contribution in [0.1, 0.15) is 10.5 Å². The van der Waals surface area contributed by atoms with Crippen molar-refractivity contribution in [3.8, 4) is 0 Å². The molecule has 22 heavy (non-hydrogen) atoms. The number of halogens is 1. The van der Waals surface area contributed by atoms with Gasteiger partial charge in [-0.3, -0.25) is 0 Å². The molecular weight excluding hydrogens is 328 g/mol. The largest absolute Gasteiger partial charge is 0.477 e. The van der Waals surface area contributed by atoms with Gasteiger partial charge < -0.3 is 5.11 Å². The minimum Gasteiger partial charge on any atom is -0.477 e. The van der Waals surface area contributed by atoms with Crippen molar-refractivity contribution in [2.45, 2.75) is 4.90 Å². The van der Waals surface area contributed by atoms with Crippen LogP contribution >= 0.6 is 11.6 Å². The third-order valence-electron chi connectivity index (χ3n) is 3.08. The topological polar surface area (TPSA) is 89.3 Å². The molecule has 8 heteroatoms. The van der Waals surface area contributed by atoms with Crippen LogP contribution in [-0.4, -0.2) is 28.5 Å². The van der Waals surface area contributed by atoms with Crippen molar-refractivity contribution in [3.05, 3.63) is 59.4 Å². The summed E-state index contributed by atoms with van der Waals surface area (Å²) in [5.41, 5.74) is -0.414. The Morgan fingerprint density at radius 1 is 1.14 bits per heavy atom. The maximum absolute atomic E-state index is 12.8. The Balaban J connectivity index is 2.41. The summed E-state index contributed by atoms with van der Waals surface area (Å²) in [6.07, 6.45) is 0. The fourth-order valence-electron chi connectivity index (χ4n) is 2.12. The van der Waals surface area contributed by atoms with Gasteiger partial charge in [0.15, 0.2) is 5.65 Å². The molecule has 3 aromatic rings. The number of aromatic carboxylic acids is 1. The maximum atomic E-state index is 12.8. The second kappa shape index (κ2) is 5.11. The van der Waals surface area contributed by atoms with E-state index in [1.165, 1.54) is 30.3 Å². The number of nitrogens with zero attached hydrogens (tertiary/aromatic N) is 2. The molecule has 0 bridgehead atoms. The van der Waals surface area contributed by atoms with E-state index in [2.05, 4.69) is 4.98 Å². The Morgan fingerprint density at radius 3 is 2.45 bits per heavy atom. The third kappa shape index (κ3) is 2.24. The summed E-state index contributed by atoms with van der Waals surface area (Å²) in [5, 5.41) is 9.75. The van der Waals surface area contributed by atoms with Gasteiger partial charge in [0, 0.05) is 5.39 Å². The fourth-order valence-corrected chi connectivity index (χ4v) is 3.74. The highest BCUT2D eigenvalue weighted by Crippen LogP contribution is 2.25. The summed E-state index contributed by atoms with van der Waals surface area (Å²) in [5.74, 6) is -1.37. The van der Waals surface area contributed by atoms with E-state index in [9.17, 15) is 18.3 Å². The van der Waals surface area contributed by atoms with E-state index in [4.69, 9.17) is 11.6 Å². The fraction of sp³-hybridized carbons (Fsp3) is 0. The number of pyridine rings is 1. The van der Waals surface area contributed by atoms with E-state index in [0.717, 1.165) is 0 Å². The number of carbonyl (C=O) groups is 1. The number of fused-ring (bicyclic) bond motifs is 1. The minimum atomic E-state index is -4.10. The second-order valence-corrected chi connectivity index (χ2v) is 6.64. The quantitative estimate of drug-likeness (QED) is 0.743. The van der Waals surface area contributed by atoms with E-state index in [1.54, 1.807) is 18.2 Å². The van der Waals surface area contributed by atoms with Gasteiger partial charge in [0.05, 0.1) is 4.90 Å². The van der Waals surface area contributed by atoms with Crippen molar-refractivity contribution in [1.29, 1.82) is 0 Å². The zero-order valence-corrected chi connectivity index (χ0v) is 12.5. The molecule has 1 aromatic carbocycles. The van der Waals surface area contributed by atoms with Crippen molar-refractivity contribution >= 4 is 38.6 Å². The smallest absolute Gasteiger partial charge is 0.353 e. The van der Waals surface area contributed by atoms with Gasteiger partial charge in [-0.15, -0.1) is 0 Å². The number of carboxylic acid groups (broad SMARTS) is 1. The van der Waals surface area contributed by atoms with Gasteiger partial charge in [0.1, 0.15) is 10.8 Å². The standard InChI is InChI=1S/C14H9ClN2O4S/c15-12-7-6-9-8-11(14(18)19)17(13(9)16-12)22(20,21)10-4-2-1-3-5-10/h1-8H,(H,18,19). The molecule has 0 aliphatic carbocycles. The maximum Gasteiger partial charge on any atom is 0.353 e. The lowest BCUT2D eigenvalue weighted by Crippen LogP contribution is -2.18. The highest BCUT2D eigenvalue weighted by molar-refractivity contribution is 7.90. The van der Waals surface area contributed by atoms with Crippen molar-refractivity contribution in [2.75, 3.05) is 0 Å². The van der Waals surface area contributed by atoms with Crippen molar-refractivity contribution in [2.24, 2.45) is 0 Å². The molecule has 0 saturated heterocycles. The molecule has 6 nitrogen and oxygen atoms in total. The molecule has 1 N–H and O–H groups in total. The SMILES string of the molecule is O=C(O)c1cc2ccc(Cl)nc2n1S(=O)(=O)c1ccccc1. The normalized spacial score (nSPS) is 11.7. The summed E-state index contributed by atoms with van der Waals surface area (Å²) in [4.78, 5) is 15.3. The van der Waals surface area contributed by atoms with Crippen molar-refractivity contribution < 1.29 is 18.3 Å². The lowest BCUT2D eigenvalue weighted by atomic mass is 10.3. The molecule has 3 rings (SSSR count). The molecule has 2 aromatic heterocycles. The highest BCUT2D eigenvalue weighted by atomic mass is 35.5. The minimum absolute atomic E-state index is 0.0197. The van der Waals surface area contributed by atoms with E-state index in [-0.39, 0.29) is 15.7 Å². The molecule has 2 heterocycles. The summed E-state index contributed by atoms with van der Waals surface area (Å²) < 4.78 is 26.2. The first-order chi connectivity index (χ1) is 10.4. The molecule has 0 radical (unpaired) electrons. The number of hydrogen-bond acceptors (Lipinski definition) is 4. The van der Waals surface area contributed by atoms with E-state index in [0.29, 0.717) is 9.36 Å². The van der Waals surface area contributed by atoms with Crippen LogP contribution in [0.5, 0.6) is 0 Å². The van der Waals surface area contributed by atoms with Crippen LogP contribution in [0.15, 0.2) is 53.4 Å². The molecule has 0 atom stereocenters. The molecule has 0 saturated carbocycles. The van der Waals surface area contributed by atoms with E-state index < -0.39 is 21.7 Å². The predicted molar refractivity (Wildman–Crippen MR) is 80.7 cm³/mol. The van der Waals surface area contributed by atoms with Gasteiger partial charge in [-0.1, -0.05) is 29.8 Å². The Morgan fingerprint density at radius 2 is 1.82 bits per heavy atom. The van der Waals surface area contributed by atoms with Crippen molar-refractivity contribution in [3.63, 3.8) is 0 Å². The van der Waals surface area contributed by atoms with E-state index in [1.807, 2.05) is 0 Å². The third-order valence-corrected chi connectivity index (χ3v) is 5.00. The predicted octanol–water partition coefficient (Wildman–Crippen LogP) is 2.62. The average molecular weight is 337 g/mol. The van der Waals surface area contributed by atoms with Crippen LogP contribution in [0.4, 0.5) is 0 Å². The molecule has 0 aliphatic rings. The Hall–Kier alpha value is -2.38. The first-order valence-electron chi connectivity index (χ1n) is 6.13. The number of hydrogen-bond donors (Lipinski definition) is 1. The van der Waals surface area contributed by atoms with Crippen molar-refractivity contribution in [1.82, 2.24) is 8.96 Å². The van der Waals surface area contributed by atoms with Crippen LogP contribution in [-0.2, 0) is 10.0 Å². The van der Waals surface area contributed by atoms with Gasteiger partial charge in [-0.05, 0) is 30.3 Å². The van der Waals surface area contributed by atoms with Gasteiger partial charge in [-0.25, -0.2) is 22.2 Å². The molecule has 0 fully saturated rings. The molecule has 112 valence electrons. The highest BCUT2D eigenvalue weighted by Gasteiger charge is 2.27. The number of benzene rings is 1. The van der Waals surface area contributed by atoms with Gasteiger partial charge in [0.2, 0.25) is 0 Å². The Labute approximate surface area is 130 Å². The van der Waals surface area contributed by atoms with Gasteiger partial charge >= 0.3 is 5.97 Å². The number of aromatic nitrogens is 2. The molecule has 0 amide bonds. The molecule has 0 spiro atoms. The van der Waals surface area contributed by atoms with Gasteiger partial charge in [0.25, 0.3) is 10.0 Å². The molecule has 0 aliphatic heterocycles. The Kier molecular flexibility index (Phi) is 3.38. The monoisotopic (exact) mass is 336 g/mol. The summed E-state index contributed by atoms with van der Waals surface area (Å²) >= 11 is 5.81. The van der Waals surface area contributed by atoms with Gasteiger partial charge in [-0.2, -0.15) is 0 Å². The zero-order valence-electron chi connectivity index (χ0n) is 11.0. The Bertz CT molecular complexity index is 981. The lowest BCUT2D eigenvalue weighted by Gasteiger charge is -2.09. The van der Waals surface area contributed by atoms with Crippen LogP contribution < -0.4 is 0 Å². The number of rotatable bonds is 3. The number of carboxylic acids is 1. The first-order valence-corrected chi connectivity index (χ1v) is 7.95. The van der Waals surface area contributed by atoms with Crippen LogP contribution in [0.25, 0.3) is 11.0 Å². The van der Waals surface area contributed by atoms with Crippen LogP contribution in [0, 0.1) is 0 Å². The summed E-state index contributed by atoms with van der Waals surface area (Å²) in [6, 6.07) is 11.8. The lowest BCUT2D eigenvalue weighted by molar-refractivity contribution is 0.0689.